The van der Waals surface area contributed by atoms with Crippen LogP contribution in [0.5, 0.6) is 0 Å². The number of fused-ring (bicyclic) bond motifs is 7. The van der Waals surface area contributed by atoms with Gasteiger partial charge in [0, 0.05) is 42.7 Å². The van der Waals surface area contributed by atoms with E-state index in [1.54, 1.807) is 18.3 Å². The highest BCUT2D eigenvalue weighted by molar-refractivity contribution is 5.93. The molecule has 4 N–H and O–H groups in total. The molecule has 9 heteroatoms. The molecule has 1 fully saturated rings. The summed E-state index contributed by atoms with van der Waals surface area (Å²) in [6.45, 7) is 0.876. The Morgan fingerprint density at radius 3 is 2.93 bits per heavy atom. The average molecular weight is 370 g/mol. The summed E-state index contributed by atoms with van der Waals surface area (Å²) in [7, 11) is 0. The van der Waals surface area contributed by atoms with E-state index in [2.05, 4.69) is 31.1 Å². The Bertz CT molecular complexity index is 836. The molecule has 2 atom stereocenters. The fraction of sp³-hybridized carbons (Fsp3) is 0.444. The van der Waals surface area contributed by atoms with E-state index in [0.29, 0.717) is 31.0 Å². The number of pyridine rings is 1. The summed E-state index contributed by atoms with van der Waals surface area (Å²) in [5, 5.41) is 16.1. The zero-order valence-corrected chi connectivity index (χ0v) is 14.8. The molecule has 0 saturated heterocycles. The molecule has 2 aromatic rings. The predicted molar refractivity (Wildman–Crippen MR) is 97.9 cm³/mol. The first-order valence-electron chi connectivity index (χ1n) is 9.18. The van der Waals surface area contributed by atoms with Crippen molar-refractivity contribution in [2.24, 2.45) is 0 Å². The van der Waals surface area contributed by atoms with Gasteiger partial charge in [0.1, 0.15) is 11.8 Å². The van der Waals surface area contributed by atoms with Gasteiger partial charge in [-0.1, -0.05) is 0 Å². The van der Waals surface area contributed by atoms with Crippen LogP contribution in [0.15, 0.2) is 24.4 Å². The second-order valence-electron chi connectivity index (χ2n) is 6.84. The normalized spacial score (nSPS) is 23.3. The van der Waals surface area contributed by atoms with Gasteiger partial charge in [0.15, 0.2) is 5.82 Å². The van der Waals surface area contributed by atoms with Crippen LogP contribution in [0.4, 0.5) is 16.3 Å². The maximum absolute atomic E-state index is 12.2. The van der Waals surface area contributed by atoms with Crippen molar-refractivity contribution < 1.29 is 14.3 Å². The lowest BCUT2D eigenvalue weighted by Crippen LogP contribution is -2.32. The molecular formula is C18H22N6O3. The van der Waals surface area contributed by atoms with Gasteiger partial charge in [-0.15, -0.1) is 0 Å². The molecule has 1 aliphatic carbocycles. The highest BCUT2D eigenvalue weighted by Gasteiger charge is 2.30. The summed E-state index contributed by atoms with van der Waals surface area (Å²) in [4.78, 5) is 28.2. The smallest absolute Gasteiger partial charge is 0.407 e. The Labute approximate surface area is 156 Å². The van der Waals surface area contributed by atoms with Gasteiger partial charge in [-0.3, -0.25) is 14.9 Å². The standard InChI is InChI=1S/C18H22N6O3/c25-17-15-9-12(4-7-19-15)22-16-10-14(23-24-16)11-2-3-13(8-11)27-18(26)21-6-1-5-20-17/h4,7,9-11,13H,1-3,5-6,8H2,(H,20,25)(H,21,26)(H2,22,23,24). The minimum atomic E-state index is -0.408. The number of aromatic nitrogens is 3. The largest absolute Gasteiger partial charge is 0.446 e. The first-order valence-corrected chi connectivity index (χ1v) is 9.18. The van der Waals surface area contributed by atoms with Crippen LogP contribution in [0.1, 0.15) is 47.8 Å². The molecule has 6 bridgehead atoms. The maximum atomic E-state index is 12.2. The Morgan fingerprint density at radius 2 is 2.00 bits per heavy atom. The lowest BCUT2D eigenvalue weighted by molar-refractivity contribution is 0.0948. The van der Waals surface area contributed by atoms with Crippen LogP contribution >= 0.6 is 0 Å². The minimum Gasteiger partial charge on any atom is -0.446 e. The topological polar surface area (TPSA) is 121 Å². The first kappa shape index (κ1) is 17.3. The average Bonchev–Trinajstić information content (AvgIpc) is 3.30. The summed E-state index contributed by atoms with van der Waals surface area (Å²) >= 11 is 0. The number of anilines is 2. The van der Waals surface area contributed by atoms with Crippen LogP contribution < -0.4 is 16.0 Å². The highest BCUT2D eigenvalue weighted by Crippen LogP contribution is 2.36. The second-order valence-corrected chi connectivity index (χ2v) is 6.84. The number of aromatic amines is 1. The Kier molecular flexibility index (Phi) is 4.91. The summed E-state index contributed by atoms with van der Waals surface area (Å²) in [5.41, 5.74) is 2.08. The molecule has 1 saturated carbocycles. The van der Waals surface area contributed by atoms with E-state index in [1.165, 1.54) is 0 Å². The van der Waals surface area contributed by atoms with Gasteiger partial charge in [0.05, 0.1) is 0 Å². The SMILES string of the molecule is O=C1NCCCNC(=O)c2cc(ccn2)Nc2cc([nH]n2)C2CCC(C2)O1. The fourth-order valence-electron chi connectivity index (χ4n) is 3.48. The number of ether oxygens (including phenoxy) is 1. The molecule has 4 rings (SSSR count). The van der Waals surface area contributed by atoms with Gasteiger partial charge in [-0.05, 0) is 37.8 Å². The van der Waals surface area contributed by atoms with Crippen LogP contribution in [0.2, 0.25) is 0 Å². The summed E-state index contributed by atoms with van der Waals surface area (Å²) in [6.07, 6.45) is 4.26. The van der Waals surface area contributed by atoms with Gasteiger partial charge in [-0.25, -0.2) is 4.79 Å². The number of hydrogen-bond donors (Lipinski definition) is 4. The van der Waals surface area contributed by atoms with Crippen molar-refractivity contribution in [3.63, 3.8) is 0 Å². The monoisotopic (exact) mass is 370 g/mol. The lowest BCUT2D eigenvalue weighted by atomic mass is 10.0. The molecule has 9 nitrogen and oxygen atoms in total. The van der Waals surface area contributed by atoms with Crippen LogP contribution in [-0.2, 0) is 4.74 Å². The summed E-state index contributed by atoms with van der Waals surface area (Å²) in [5.74, 6) is 0.692. The minimum absolute atomic E-state index is 0.0870. The Hall–Kier alpha value is -3.10. The number of H-pyrrole nitrogens is 1. The van der Waals surface area contributed by atoms with Crippen molar-refractivity contribution in [3.05, 3.63) is 35.8 Å². The van der Waals surface area contributed by atoms with Crippen LogP contribution in [-0.4, -0.2) is 46.4 Å². The van der Waals surface area contributed by atoms with Crippen molar-refractivity contribution in [3.8, 4) is 0 Å². The van der Waals surface area contributed by atoms with E-state index in [-0.39, 0.29) is 17.9 Å². The summed E-state index contributed by atoms with van der Waals surface area (Å²) in [6, 6.07) is 5.43. The number of amides is 2. The highest BCUT2D eigenvalue weighted by atomic mass is 16.6. The molecule has 2 unspecified atom stereocenters. The van der Waals surface area contributed by atoms with Gasteiger partial charge in [0.2, 0.25) is 0 Å². The molecule has 27 heavy (non-hydrogen) atoms. The van der Waals surface area contributed by atoms with E-state index >= 15 is 0 Å². The van der Waals surface area contributed by atoms with Crippen molar-refractivity contribution in [1.29, 1.82) is 0 Å². The Morgan fingerprint density at radius 1 is 1.11 bits per heavy atom. The number of carbonyl (C=O) groups is 2. The molecule has 2 aromatic heterocycles. The number of carbonyl (C=O) groups excluding carboxylic acids is 2. The van der Waals surface area contributed by atoms with E-state index in [1.807, 2.05) is 6.07 Å². The fourth-order valence-corrected chi connectivity index (χ4v) is 3.48. The number of nitrogens with zero attached hydrogens (tertiary/aromatic N) is 2. The number of alkyl carbamates (subject to hydrolysis) is 1. The lowest BCUT2D eigenvalue weighted by Gasteiger charge is -2.13. The summed E-state index contributed by atoms with van der Waals surface area (Å²) < 4.78 is 5.49. The third kappa shape index (κ3) is 4.18. The third-order valence-electron chi connectivity index (χ3n) is 4.87. The van der Waals surface area contributed by atoms with Crippen LogP contribution in [0.25, 0.3) is 0 Å². The van der Waals surface area contributed by atoms with Gasteiger partial charge >= 0.3 is 6.09 Å². The molecular weight excluding hydrogens is 348 g/mol. The quantitative estimate of drug-likeness (QED) is 0.563. The first-order chi connectivity index (χ1) is 13.2. The van der Waals surface area contributed by atoms with E-state index in [0.717, 1.165) is 30.6 Å². The molecule has 3 heterocycles. The van der Waals surface area contributed by atoms with Gasteiger partial charge in [-0.2, -0.15) is 5.10 Å². The predicted octanol–water partition coefficient (Wildman–Crippen LogP) is 2.04. The van der Waals surface area contributed by atoms with E-state index < -0.39 is 6.09 Å². The zero-order valence-electron chi connectivity index (χ0n) is 14.8. The third-order valence-corrected chi connectivity index (χ3v) is 4.87. The van der Waals surface area contributed by atoms with E-state index in [4.69, 9.17) is 4.74 Å². The van der Waals surface area contributed by atoms with E-state index in [9.17, 15) is 9.59 Å². The second kappa shape index (κ2) is 7.65. The number of rotatable bonds is 0. The molecule has 2 aliphatic rings. The van der Waals surface area contributed by atoms with Crippen LogP contribution in [0.3, 0.4) is 0 Å². The maximum Gasteiger partial charge on any atom is 0.407 e. The van der Waals surface area contributed by atoms with Crippen LogP contribution in [0, 0.1) is 0 Å². The Balaban J connectivity index is 1.55. The molecule has 142 valence electrons. The van der Waals surface area contributed by atoms with Gasteiger partial charge < -0.3 is 20.7 Å². The van der Waals surface area contributed by atoms with Crippen molar-refractivity contribution in [1.82, 2.24) is 25.8 Å². The number of nitrogens with one attached hydrogen (secondary N) is 4. The van der Waals surface area contributed by atoms with Crippen molar-refractivity contribution >= 4 is 23.5 Å². The molecule has 0 aromatic carbocycles. The molecule has 0 spiro atoms. The van der Waals surface area contributed by atoms with Crippen molar-refractivity contribution in [2.45, 2.75) is 37.7 Å². The number of hydrogen-bond acceptors (Lipinski definition) is 6. The molecule has 1 aliphatic heterocycles. The van der Waals surface area contributed by atoms with Gasteiger partial charge in [0.25, 0.3) is 5.91 Å². The van der Waals surface area contributed by atoms with Crippen molar-refractivity contribution in [2.75, 3.05) is 18.4 Å². The molecule has 0 radical (unpaired) electrons. The molecule has 2 amide bonds. The zero-order chi connectivity index (χ0) is 18.6.